The van der Waals surface area contributed by atoms with Gasteiger partial charge in [0.2, 0.25) is 10.0 Å². The smallest absolute Gasteiger partial charge is 0.251 e. The van der Waals surface area contributed by atoms with Crippen molar-refractivity contribution in [2.45, 2.75) is 24.7 Å². The first-order chi connectivity index (χ1) is 14.0. The van der Waals surface area contributed by atoms with Gasteiger partial charge in [-0.2, -0.15) is 0 Å². The van der Waals surface area contributed by atoms with E-state index >= 15 is 0 Å². The van der Waals surface area contributed by atoms with Gasteiger partial charge >= 0.3 is 0 Å². The van der Waals surface area contributed by atoms with Crippen molar-refractivity contribution in [3.8, 4) is 11.5 Å². The van der Waals surface area contributed by atoms with Crippen LogP contribution in [0.25, 0.3) is 0 Å². The topological polar surface area (TPSA) is 84.9 Å². The fraction of sp³-hybridized carbons (Fsp3) is 0.381. The second-order valence-electron chi connectivity index (χ2n) is 7.27. The zero-order valence-corrected chi connectivity index (χ0v) is 16.9. The number of amides is 1. The number of sulfonamides is 1. The molecule has 0 aromatic heterocycles. The van der Waals surface area contributed by atoms with Crippen molar-refractivity contribution in [1.29, 1.82) is 0 Å². The molecule has 0 bridgehead atoms. The number of carbonyl (C=O) groups is 1. The zero-order valence-electron chi connectivity index (χ0n) is 16.0. The minimum absolute atomic E-state index is 0.0401. The molecule has 0 aliphatic carbocycles. The number of para-hydroxylation sites is 2. The van der Waals surface area contributed by atoms with E-state index in [0.29, 0.717) is 48.9 Å². The number of carbonyl (C=O) groups excluding carboxylic acids is 1. The van der Waals surface area contributed by atoms with Gasteiger partial charge in [0.25, 0.3) is 5.91 Å². The lowest BCUT2D eigenvalue weighted by Gasteiger charge is -2.26. The van der Waals surface area contributed by atoms with Crippen molar-refractivity contribution in [2.75, 3.05) is 26.2 Å². The second-order valence-corrected chi connectivity index (χ2v) is 9.24. The van der Waals surface area contributed by atoms with Gasteiger partial charge in [-0.25, -0.2) is 12.7 Å². The third-order valence-electron chi connectivity index (χ3n) is 5.08. The first-order valence-electron chi connectivity index (χ1n) is 9.75. The molecule has 0 spiro atoms. The molecule has 4 rings (SSSR count). The Morgan fingerprint density at radius 3 is 2.45 bits per heavy atom. The van der Waals surface area contributed by atoms with Crippen LogP contribution in [0.15, 0.2) is 48.5 Å². The summed E-state index contributed by atoms with van der Waals surface area (Å²) in [6.45, 7) is 1.88. The summed E-state index contributed by atoms with van der Waals surface area (Å²) in [5, 5.41) is 2.84. The molecule has 1 saturated heterocycles. The van der Waals surface area contributed by atoms with E-state index < -0.39 is 10.0 Å². The average Bonchev–Trinajstić information content (AvgIpc) is 3.28. The average molecular weight is 416 g/mol. The highest BCUT2D eigenvalue weighted by atomic mass is 32.2. The maximum Gasteiger partial charge on any atom is 0.251 e. The van der Waals surface area contributed by atoms with Crippen LogP contribution in [0, 0.1) is 0 Å². The summed E-state index contributed by atoms with van der Waals surface area (Å²) < 4.78 is 37.8. The first-order valence-corrected chi connectivity index (χ1v) is 11.4. The lowest BCUT2D eigenvalue weighted by atomic mass is 10.1. The number of rotatable bonds is 6. The van der Waals surface area contributed by atoms with Crippen LogP contribution in [0.1, 0.15) is 28.8 Å². The lowest BCUT2D eigenvalue weighted by Crippen LogP contribution is -2.40. The predicted octanol–water partition coefficient (Wildman–Crippen LogP) is 2.18. The summed E-state index contributed by atoms with van der Waals surface area (Å²) in [5.74, 6) is 1.10. The third-order valence-corrected chi connectivity index (χ3v) is 6.93. The molecule has 2 aromatic carbocycles. The van der Waals surface area contributed by atoms with E-state index in [2.05, 4.69) is 5.32 Å². The van der Waals surface area contributed by atoms with E-state index in [1.165, 1.54) is 4.31 Å². The molecule has 29 heavy (non-hydrogen) atoms. The molecule has 154 valence electrons. The van der Waals surface area contributed by atoms with Crippen molar-refractivity contribution in [2.24, 2.45) is 0 Å². The van der Waals surface area contributed by atoms with Crippen LogP contribution in [0.3, 0.4) is 0 Å². The number of nitrogens with one attached hydrogen (secondary N) is 1. The third kappa shape index (κ3) is 4.71. The van der Waals surface area contributed by atoms with Gasteiger partial charge in [0.05, 0.1) is 12.3 Å². The molecule has 1 amide bonds. The van der Waals surface area contributed by atoms with Crippen LogP contribution in [-0.2, 0) is 15.8 Å². The molecule has 2 heterocycles. The second kappa shape index (κ2) is 8.42. The molecular weight excluding hydrogens is 392 g/mol. The van der Waals surface area contributed by atoms with Gasteiger partial charge in [0, 0.05) is 18.7 Å². The van der Waals surface area contributed by atoms with E-state index in [1.54, 1.807) is 24.3 Å². The maximum absolute atomic E-state index is 12.4. The van der Waals surface area contributed by atoms with E-state index in [0.717, 1.165) is 12.8 Å². The summed E-state index contributed by atoms with van der Waals surface area (Å²) in [4.78, 5) is 12.4. The molecule has 1 N–H and O–H groups in total. The molecule has 7 nitrogen and oxygen atoms in total. The molecule has 1 unspecified atom stereocenters. The molecule has 2 aromatic rings. The van der Waals surface area contributed by atoms with Gasteiger partial charge in [-0.05, 0) is 42.7 Å². The highest BCUT2D eigenvalue weighted by molar-refractivity contribution is 7.88. The van der Waals surface area contributed by atoms with Crippen molar-refractivity contribution >= 4 is 15.9 Å². The van der Waals surface area contributed by atoms with Crippen molar-refractivity contribution < 1.29 is 22.7 Å². The first kappa shape index (κ1) is 19.7. The summed E-state index contributed by atoms with van der Waals surface area (Å²) in [7, 11) is -3.29. The monoisotopic (exact) mass is 416 g/mol. The Morgan fingerprint density at radius 2 is 1.72 bits per heavy atom. The number of hydrogen-bond donors (Lipinski definition) is 1. The summed E-state index contributed by atoms with van der Waals surface area (Å²) >= 11 is 0. The van der Waals surface area contributed by atoms with E-state index in [9.17, 15) is 13.2 Å². The summed E-state index contributed by atoms with van der Waals surface area (Å²) in [6, 6.07) is 14.1. The number of hydrogen-bond acceptors (Lipinski definition) is 5. The van der Waals surface area contributed by atoms with Crippen LogP contribution in [-0.4, -0.2) is 51.0 Å². The number of ether oxygens (including phenoxy) is 2. The summed E-state index contributed by atoms with van der Waals surface area (Å²) in [5.41, 5.74) is 1.15. The van der Waals surface area contributed by atoms with Crippen LogP contribution < -0.4 is 14.8 Å². The highest BCUT2D eigenvalue weighted by Crippen LogP contribution is 2.30. The molecule has 0 radical (unpaired) electrons. The highest BCUT2D eigenvalue weighted by Gasteiger charge is 2.25. The Labute approximate surface area is 170 Å². The van der Waals surface area contributed by atoms with Gasteiger partial charge in [-0.1, -0.05) is 24.3 Å². The molecule has 1 atom stereocenters. The fourth-order valence-electron chi connectivity index (χ4n) is 3.49. The Bertz CT molecular complexity index is 969. The van der Waals surface area contributed by atoms with Crippen molar-refractivity contribution in [3.05, 3.63) is 59.7 Å². The number of fused-ring (bicyclic) bond motifs is 1. The van der Waals surface area contributed by atoms with Gasteiger partial charge in [-0.15, -0.1) is 0 Å². The normalized spacial score (nSPS) is 19.1. The zero-order chi connectivity index (χ0) is 20.3. The molecule has 2 aliphatic rings. The van der Waals surface area contributed by atoms with Gasteiger partial charge in [0.1, 0.15) is 12.7 Å². The Morgan fingerprint density at radius 1 is 1.03 bits per heavy atom. The minimum atomic E-state index is -3.29. The van der Waals surface area contributed by atoms with E-state index in [4.69, 9.17) is 9.47 Å². The molecule has 1 fully saturated rings. The Hall–Kier alpha value is -2.58. The lowest BCUT2D eigenvalue weighted by molar-refractivity contribution is 0.0789. The van der Waals surface area contributed by atoms with Crippen molar-refractivity contribution in [1.82, 2.24) is 9.62 Å². The number of nitrogens with zero attached hydrogens (tertiary/aromatic N) is 1. The minimum Gasteiger partial charge on any atom is -0.486 e. The SMILES string of the molecule is O=C(NCC1COc2ccccc2O1)c1ccc(CS(=O)(=O)N2CCCC2)cc1. The predicted molar refractivity (Wildman–Crippen MR) is 109 cm³/mol. The van der Waals surface area contributed by atoms with Crippen LogP contribution in [0.2, 0.25) is 0 Å². The quantitative estimate of drug-likeness (QED) is 0.780. The standard InChI is InChI=1S/C21H24N2O5S/c24-21(22-13-18-14-27-19-5-1-2-6-20(19)28-18)17-9-7-16(8-10-17)15-29(25,26)23-11-3-4-12-23/h1-2,5-10,18H,3-4,11-15H2,(H,22,24). The van der Waals surface area contributed by atoms with E-state index in [1.807, 2.05) is 24.3 Å². The molecule has 0 saturated carbocycles. The number of benzene rings is 2. The van der Waals surface area contributed by atoms with Crippen LogP contribution in [0.5, 0.6) is 11.5 Å². The van der Waals surface area contributed by atoms with Gasteiger partial charge in [-0.3, -0.25) is 4.79 Å². The largest absolute Gasteiger partial charge is 0.486 e. The Kier molecular flexibility index (Phi) is 5.73. The maximum atomic E-state index is 12.4. The summed E-state index contributed by atoms with van der Waals surface area (Å²) in [6.07, 6.45) is 1.57. The van der Waals surface area contributed by atoms with Gasteiger partial charge in [0.15, 0.2) is 11.5 Å². The molecule has 8 heteroatoms. The molecular formula is C21H24N2O5S. The van der Waals surface area contributed by atoms with Crippen molar-refractivity contribution in [3.63, 3.8) is 0 Å². The van der Waals surface area contributed by atoms with Gasteiger partial charge < -0.3 is 14.8 Å². The Balaban J connectivity index is 1.30. The van der Waals surface area contributed by atoms with E-state index in [-0.39, 0.29) is 17.8 Å². The van der Waals surface area contributed by atoms with Crippen LogP contribution in [0.4, 0.5) is 0 Å². The fourth-order valence-corrected chi connectivity index (χ4v) is 5.10. The molecule has 2 aliphatic heterocycles. The van der Waals surface area contributed by atoms with Crippen LogP contribution >= 0.6 is 0 Å².